The number of fused-ring (bicyclic) bond motifs is 1. The number of hydrogen-bond acceptors (Lipinski definition) is 4. The molecule has 2 aliphatic rings. The minimum absolute atomic E-state index is 0.125. The molecule has 0 bridgehead atoms. The maximum Gasteiger partial charge on any atom is 0.333 e. The number of nitrogens with zero attached hydrogens (tertiary/aromatic N) is 3. The first-order chi connectivity index (χ1) is 19.9. The summed E-state index contributed by atoms with van der Waals surface area (Å²) in [5, 5.41) is 3.43. The van der Waals surface area contributed by atoms with Crippen LogP contribution in [0.4, 0.5) is 0 Å². The van der Waals surface area contributed by atoms with Gasteiger partial charge in [0.1, 0.15) is 11.4 Å². The Morgan fingerprint density at radius 3 is 2.44 bits per heavy atom. The van der Waals surface area contributed by atoms with Crippen molar-refractivity contribution in [3.63, 3.8) is 0 Å². The SMILES string of the molecule is COc1ccc(-n2c(C(=O)NCc3ccccc3)c3n(c2=O)C[C@@H](C2CC2)N(C(=O)c2ccc(Br)c(Cl)c2)C3)cc1. The topological polar surface area (TPSA) is 85.6 Å². The molecule has 0 spiro atoms. The molecule has 3 aromatic carbocycles. The average Bonchev–Trinajstić information content (AvgIpc) is 3.81. The lowest BCUT2D eigenvalue weighted by atomic mass is 10.0. The van der Waals surface area contributed by atoms with Crippen molar-refractivity contribution in [2.24, 2.45) is 5.92 Å². The van der Waals surface area contributed by atoms with Crippen LogP contribution in [0.15, 0.2) is 82.1 Å². The smallest absolute Gasteiger partial charge is 0.333 e. The largest absolute Gasteiger partial charge is 0.497 e. The fourth-order valence-electron chi connectivity index (χ4n) is 5.47. The summed E-state index contributed by atoms with van der Waals surface area (Å²) < 4.78 is 9.12. The normalized spacial score (nSPS) is 16.3. The summed E-state index contributed by atoms with van der Waals surface area (Å²) in [5.41, 5.74) is 2.36. The highest BCUT2D eigenvalue weighted by Crippen LogP contribution is 2.40. The molecule has 2 heterocycles. The first-order valence-electron chi connectivity index (χ1n) is 13.4. The molecule has 1 aliphatic heterocycles. The maximum absolute atomic E-state index is 14.0. The monoisotopic (exact) mass is 634 g/mol. The molecule has 0 saturated heterocycles. The van der Waals surface area contributed by atoms with Crippen LogP contribution in [0.25, 0.3) is 5.69 Å². The lowest BCUT2D eigenvalue weighted by molar-refractivity contribution is 0.0553. The molecule has 1 N–H and O–H groups in total. The molecular weight excluding hydrogens is 608 g/mol. The molecule has 2 amide bonds. The number of methoxy groups -OCH3 is 1. The summed E-state index contributed by atoms with van der Waals surface area (Å²) in [7, 11) is 1.57. The van der Waals surface area contributed by atoms with E-state index in [1.165, 1.54) is 4.57 Å². The molecule has 1 aliphatic carbocycles. The van der Waals surface area contributed by atoms with Crippen molar-refractivity contribution in [2.45, 2.75) is 38.5 Å². The molecule has 6 rings (SSSR count). The van der Waals surface area contributed by atoms with Crippen molar-refractivity contribution in [2.75, 3.05) is 7.11 Å². The van der Waals surface area contributed by atoms with E-state index in [1.807, 2.05) is 30.3 Å². The number of amides is 2. The molecule has 1 atom stereocenters. The average molecular weight is 636 g/mol. The van der Waals surface area contributed by atoms with E-state index >= 15 is 0 Å². The lowest BCUT2D eigenvalue weighted by Gasteiger charge is -2.37. The van der Waals surface area contributed by atoms with Crippen LogP contribution in [0.5, 0.6) is 5.75 Å². The van der Waals surface area contributed by atoms with Gasteiger partial charge in [0.2, 0.25) is 0 Å². The minimum Gasteiger partial charge on any atom is -0.497 e. The quantitative estimate of drug-likeness (QED) is 0.294. The van der Waals surface area contributed by atoms with Gasteiger partial charge in [0, 0.05) is 23.1 Å². The predicted molar refractivity (Wildman–Crippen MR) is 160 cm³/mol. The van der Waals surface area contributed by atoms with Gasteiger partial charge in [-0.15, -0.1) is 0 Å². The van der Waals surface area contributed by atoms with E-state index in [0.29, 0.717) is 51.2 Å². The summed E-state index contributed by atoms with van der Waals surface area (Å²) in [6.07, 6.45) is 1.98. The molecule has 1 saturated carbocycles. The second kappa shape index (κ2) is 11.2. The van der Waals surface area contributed by atoms with Crippen LogP contribution in [-0.4, -0.2) is 39.0 Å². The molecule has 1 fully saturated rings. The Kier molecular flexibility index (Phi) is 7.48. The first-order valence-corrected chi connectivity index (χ1v) is 14.6. The number of imidazole rings is 1. The highest BCUT2D eigenvalue weighted by Gasteiger charge is 2.43. The maximum atomic E-state index is 14.0. The molecule has 10 heteroatoms. The number of carbonyl (C=O) groups is 2. The minimum atomic E-state index is -0.389. The lowest BCUT2D eigenvalue weighted by Crippen LogP contribution is -2.49. The van der Waals surface area contributed by atoms with Crippen molar-refractivity contribution in [3.8, 4) is 11.4 Å². The van der Waals surface area contributed by atoms with E-state index < -0.39 is 0 Å². The Morgan fingerprint density at radius 2 is 1.78 bits per heavy atom. The zero-order valence-electron chi connectivity index (χ0n) is 22.3. The highest BCUT2D eigenvalue weighted by molar-refractivity contribution is 9.10. The van der Waals surface area contributed by atoms with Crippen LogP contribution >= 0.6 is 27.5 Å². The number of ether oxygens (including phenoxy) is 1. The molecule has 0 unspecified atom stereocenters. The van der Waals surface area contributed by atoms with Crippen LogP contribution in [-0.2, 0) is 19.6 Å². The summed E-state index contributed by atoms with van der Waals surface area (Å²) >= 11 is 9.72. The van der Waals surface area contributed by atoms with Crippen LogP contribution in [0.2, 0.25) is 5.02 Å². The van der Waals surface area contributed by atoms with Gasteiger partial charge in [0.05, 0.1) is 36.1 Å². The second-order valence-electron chi connectivity index (χ2n) is 10.4. The van der Waals surface area contributed by atoms with Crippen LogP contribution in [0, 0.1) is 5.92 Å². The highest BCUT2D eigenvalue weighted by atomic mass is 79.9. The van der Waals surface area contributed by atoms with E-state index in [2.05, 4.69) is 21.2 Å². The number of aromatic nitrogens is 2. The van der Waals surface area contributed by atoms with Crippen LogP contribution in [0.1, 0.15) is 44.9 Å². The van der Waals surface area contributed by atoms with Gasteiger partial charge in [-0.3, -0.25) is 18.7 Å². The van der Waals surface area contributed by atoms with Gasteiger partial charge in [-0.25, -0.2) is 4.79 Å². The van der Waals surface area contributed by atoms with Crippen LogP contribution < -0.4 is 15.7 Å². The predicted octanol–water partition coefficient (Wildman–Crippen LogP) is 5.43. The van der Waals surface area contributed by atoms with Crippen LogP contribution in [0.3, 0.4) is 0 Å². The van der Waals surface area contributed by atoms with E-state index in [4.69, 9.17) is 16.3 Å². The molecule has 41 heavy (non-hydrogen) atoms. The van der Waals surface area contributed by atoms with Gasteiger partial charge in [-0.2, -0.15) is 0 Å². The fraction of sp³-hybridized carbons (Fsp3) is 0.258. The van der Waals surface area contributed by atoms with E-state index in [0.717, 1.165) is 18.4 Å². The van der Waals surface area contributed by atoms with Gasteiger partial charge < -0.3 is 15.0 Å². The van der Waals surface area contributed by atoms with Crippen molar-refractivity contribution in [3.05, 3.63) is 115 Å². The third kappa shape index (κ3) is 5.31. The van der Waals surface area contributed by atoms with Crippen molar-refractivity contribution in [1.29, 1.82) is 0 Å². The fourth-order valence-corrected chi connectivity index (χ4v) is 5.90. The second-order valence-corrected chi connectivity index (χ2v) is 11.6. The third-order valence-corrected chi connectivity index (χ3v) is 9.00. The number of benzene rings is 3. The van der Waals surface area contributed by atoms with Gasteiger partial charge in [-0.05, 0) is 82.7 Å². The number of hydrogen-bond donors (Lipinski definition) is 1. The van der Waals surface area contributed by atoms with Crippen molar-refractivity contribution in [1.82, 2.24) is 19.4 Å². The molecule has 210 valence electrons. The number of halogens is 2. The number of nitrogens with one attached hydrogen (secondary N) is 1. The van der Waals surface area contributed by atoms with E-state index in [-0.39, 0.29) is 35.8 Å². The molecule has 0 radical (unpaired) electrons. The Bertz CT molecular complexity index is 1680. The Balaban J connectivity index is 1.43. The Morgan fingerprint density at radius 1 is 1.05 bits per heavy atom. The summed E-state index contributed by atoms with van der Waals surface area (Å²) in [4.78, 5) is 43.5. The van der Waals surface area contributed by atoms with E-state index in [1.54, 1.807) is 59.0 Å². The summed E-state index contributed by atoms with van der Waals surface area (Å²) in [6.45, 7) is 0.739. The van der Waals surface area contributed by atoms with Gasteiger partial charge in [-0.1, -0.05) is 41.9 Å². The summed E-state index contributed by atoms with van der Waals surface area (Å²) in [5.74, 6) is 0.367. The number of carbonyl (C=O) groups excluding carboxylic acids is 2. The molecule has 4 aromatic rings. The Labute approximate surface area is 250 Å². The van der Waals surface area contributed by atoms with Gasteiger partial charge >= 0.3 is 5.69 Å². The van der Waals surface area contributed by atoms with Crippen molar-refractivity contribution >= 4 is 39.3 Å². The molecular formula is C31H28BrClN4O4. The zero-order chi connectivity index (χ0) is 28.7. The van der Waals surface area contributed by atoms with Gasteiger partial charge in [0.15, 0.2) is 0 Å². The first kappa shape index (κ1) is 27.4. The van der Waals surface area contributed by atoms with E-state index in [9.17, 15) is 14.4 Å². The Hall–Kier alpha value is -3.82. The number of rotatable bonds is 7. The summed E-state index contributed by atoms with van der Waals surface area (Å²) in [6, 6.07) is 21.6. The van der Waals surface area contributed by atoms with Gasteiger partial charge in [0.25, 0.3) is 11.8 Å². The molecule has 8 nitrogen and oxygen atoms in total. The standard InChI is InChI=1S/C31H28BrClN4O4/c1-41-23-12-10-22(11-13-23)37-28(29(38)34-16-19-5-3-2-4-6-19)27-18-35(26(20-7-8-20)17-36(27)31(37)40)30(39)21-9-14-24(32)25(33)15-21/h2-6,9-15,20,26H,7-8,16-18H2,1H3,(H,34,38)/t26-/m0/s1. The third-order valence-electron chi connectivity index (χ3n) is 7.77. The zero-order valence-corrected chi connectivity index (χ0v) is 24.7. The van der Waals surface area contributed by atoms with Crippen molar-refractivity contribution < 1.29 is 14.3 Å². The molecule has 1 aromatic heterocycles.